The van der Waals surface area contributed by atoms with Crippen molar-refractivity contribution in [2.24, 2.45) is 0 Å². The third-order valence-corrected chi connectivity index (χ3v) is 5.16. The van der Waals surface area contributed by atoms with Gasteiger partial charge in [0.2, 0.25) is 0 Å². The Morgan fingerprint density at radius 3 is 1.91 bits per heavy atom. The normalized spacial score (nSPS) is 10.2. The van der Waals surface area contributed by atoms with E-state index in [1.54, 1.807) is 6.08 Å². The van der Waals surface area contributed by atoms with Gasteiger partial charge in [-0.15, -0.1) is 35.4 Å². The van der Waals surface area contributed by atoms with Gasteiger partial charge in [-0.3, -0.25) is 4.79 Å². The summed E-state index contributed by atoms with van der Waals surface area (Å²) < 4.78 is 0. The van der Waals surface area contributed by atoms with Crippen LogP contribution in [0.3, 0.4) is 0 Å². The molecule has 2 heteroatoms. The van der Waals surface area contributed by atoms with Gasteiger partial charge in [0.1, 0.15) is 0 Å². The molecule has 0 aliphatic heterocycles. The molecular weight excluding hydrogens is 444 g/mol. The zero-order valence-corrected chi connectivity index (χ0v) is 19.2. The van der Waals surface area contributed by atoms with E-state index in [0.717, 1.165) is 16.7 Å². The molecule has 0 N–H and O–H groups in total. The summed E-state index contributed by atoms with van der Waals surface area (Å²) in [6.07, 6.45) is 3.55. The monoisotopic (exact) mass is 468 g/mol. The van der Waals surface area contributed by atoms with Gasteiger partial charge < -0.3 is 30.3 Å². The van der Waals surface area contributed by atoms with Crippen LogP contribution in [0.5, 0.6) is 0 Å². The summed E-state index contributed by atoms with van der Waals surface area (Å²) in [6, 6.07) is 44.3. The Kier molecular flexibility index (Phi) is 8.97. The van der Waals surface area contributed by atoms with Gasteiger partial charge >= 0.3 is 0 Å². The van der Waals surface area contributed by atoms with Gasteiger partial charge in [0, 0.05) is 22.6 Å². The summed E-state index contributed by atoms with van der Waals surface area (Å²) in [5.74, 6) is 0.0119. The molecule has 1 nitrogen and oxygen atoms in total. The van der Waals surface area contributed by atoms with Gasteiger partial charge in [0.05, 0.1) is 0 Å². The second kappa shape index (κ2) is 12.4. The Morgan fingerprint density at radius 2 is 1.24 bits per heavy atom. The maximum absolute atomic E-state index is 12.4. The van der Waals surface area contributed by atoms with Gasteiger partial charge in [-0.1, -0.05) is 102 Å². The summed E-state index contributed by atoms with van der Waals surface area (Å²) in [6.45, 7) is 0. The van der Waals surface area contributed by atoms with Crippen molar-refractivity contribution in [1.82, 2.24) is 0 Å². The molecule has 0 saturated carbocycles. The molecule has 5 aromatic carbocycles. The second-order valence-corrected chi connectivity index (χ2v) is 7.37. The molecule has 0 heterocycles. The van der Waals surface area contributed by atoms with Crippen LogP contribution in [0.25, 0.3) is 28.3 Å². The summed E-state index contributed by atoms with van der Waals surface area (Å²) in [7, 11) is 0. The van der Waals surface area contributed by atoms with Crippen LogP contribution in [0.4, 0.5) is 0 Å². The molecule has 5 aromatic rings. The molecule has 33 heavy (non-hydrogen) atoms. The van der Waals surface area contributed by atoms with E-state index in [0.29, 0.717) is 5.56 Å². The fourth-order valence-corrected chi connectivity index (χ4v) is 3.51. The van der Waals surface area contributed by atoms with Crippen molar-refractivity contribution >= 4 is 11.9 Å². The molecule has 0 bridgehead atoms. The third-order valence-electron chi connectivity index (χ3n) is 5.16. The second-order valence-electron chi connectivity index (χ2n) is 7.37. The summed E-state index contributed by atoms with van der Waals surface area (Å²) in [4.78, 5) is 12.4. The molecule has 0 atom stereocenters. The SMILES string of the molecule is O=C(C=Cc1ccccc1-[c-]1ccc(-c2ccccc2)c1)c1ccccc1.[Fe].[cH-]1[cH-][cH-][cH-][cH-]1. The first kappa shape index (κ1) is 23.9. The van der Waals surface area contributed by atoms with Crippen molar-refractivity contribution in [3.63, 3.8) is 0 Å². The van der Waals surface area contributed by atoms with Gasteiger partial charge in [-0.2, -0.15) is 0 Å². The first-order valence-corrected chi connectivity index (χ1v) is 10.7. The van der Waals surface area contributed by atoms with E-state index in [4.69, 9.17) is 0 Å². The number of ketones is 1. The Morgan fingerprint density at radius 1 is 0.667 bits per heavy atom. The number of carbonyl (C=O) groups excluding carboxylic acids is 1. The van der Waals surface area contributed by atoms with E-state index in [-0.39, 0.29) is 22.9 Å². The van der Waals surface area contributed by atoms with Crippen LogP contribution in [0, 0.1) is 0 Å². The number of allylic oxidation sites excluding steroid dienone is 1. The van der Waals surface area contributed by atoms with Crippen LogP contribution in [0.15, 0.2) is 140 Å². The average molecular weight is 468 g/mol. The number of rotatable bonds is 5. The molecule has 0 radical (unpaired) electrons. The molecule has 0 aliphatic carbocycles. The van der Waals surface area contributed by atoms with Crippen LogP contribution >= 0.6 is 0 Å². The molecule has 0 fully saturated rings. The molecule has 5 rings (SSSR count). The molecule has 0 amide bonds. The van der Waals surface area contributed by atoms with Gasteiger partial charge in [0.15, 0.2) is 5.78 Å². The van der Waals surface area contributed by atoms with Crippen molar-refractivity contribution in [3.8, 4) is 22.3 Å². The number of hydrogen-bond donors (Lipinski definition) is 0. The largest absolute Gasteiger partial charge is 0.748 e. The van der Waals surface area contributed by atoms with E-state index in [1.807, 2.05) is 103 Å². The first-order chi connectivity index (χ1) is 15.8. The van der Waals surface area contributed by atoms with E-state index in [1.165, 1.54) is 11.1 Å². The molecule has 0 aliphatic rings. The molecule has 0 spiro atoms. The van der Waals surface area contributed by atoms with Crippen molar-refractivity contribution in [2.75, 3.05) is 0 Å². The van der Waals surface area contributed by atoms with Crippen molar-refractivity contribution in [1.29, 1.82) is 0 Å². The van der Waals surface area contributed by atoms with Crippen LogP contribution in [0.2, 0.25) is 0 Å². The zero-order valence-electron chi connectivity index (χ0n) is 18.1. The standard InChI is InChI=1S/C26H19O.C5H5.Fe/c27-26(22-12-5-2-6-13-22)18-17-21-11-7-8-14-25(21)24-16-15-23(19-24)20-9-3-1-4-10-20;1-2-4-5-3-1;/h1-19H;1-5H;/q-1;-5;. The minimum absolute atomic E-state index is 0. The maximum Gasteiger partial charge on any atom is 0.185 e. The molecular formula is C31H24FeO-6. The zero-order chi connectivity index (χ0) is 22.0. The first-order valence-electron chi connectivity index (χ1n) is 10.7. The minimum atomic E-state index is 0. The summed E-state index contributed by atoms with van der Waals surface area (Å²) in [5, 5.41) is 0. The van der Waals surface area contributed by atoms with Crippen LogP contribution in [0.1, 0.15) is 15.9 Å². The Bertz CT molecular complexity index is 1250. The number of hydrogen-bond acceptors (Lipinski definition) is 1. The Hall–Kier alpha value is -3.71. The molecule has 0 saturated heterocycles. The van der Waals surface area contributed by atoms with E-state index < -0.39 is 0 Å². The fraction of sp³-hybridized carbons (Fsp3) is 0. The van der Waals surface area contributed by atoms with Crippen LogP contribution < -0.4 is 0 Å². The Balaban J connectivity index is 0.000000453. The quantitative estimate of drug-likeness (QED) is 0.110. The predicted octanol–water partition coefficient (Wildman–Crippen LogP) is 8.04. The van der Waals surface area contributed by atoms with Gasteiger partial charge in [-0.25, -0.2) is 0 Å². The van der Waals surface area contributed by atoms with Crippen molar-refractivity contribution < 1.29 is 21.9 Å². The molecule has 0 unspecified atom stereocenters. The van der Waals surface area contributed by atoms with Gasteiger partial charge in [-0.05, 0) is 6.08 Å². The topological polar surface area (TPSA) is 17.1 Å². The van der Waals surface area contributed by atoms with Crippen LogP contribution in [-0.2, 0) is 17.1 Å². The van der Waals surface area contributed by atoms with E-state index in [9.17, 15) is 4.79 Å². The average Bonchev–Trinajstić information content (AvgIpc) is 3.60. The molecule has 168 valence electrons. The Labute approximate surface area is 206 Å². The minimum Gasteiger partial charge on any atom is -0.748 e. The van der Waals surface area contributed by atoms with Crippen molar-refractivity contribution in [3.05, 3.63) is 151 Å². The summed E-state index contributed by atoms with van der Waals surface area (Å²) in [5.41, 5.74) is 6.41. The molecule has 0 aromatic heterocycles. The van der Waals surface area contributed by atoms with E-state index >= 15 is 0 Å². The maximum atomic E-state index is 12.4. The van der Waals surface area contributed by atoms with E-state index in [2.05, 4.69) is 36.4 Å². The summed E-state index contributed by atoms with van der Waals surface area (Å²) >= 11 is 0. The fourth-order valence-electron chi connectivity index (χ4n) is 3.51. The number of benzene rings is 3. The van der Waals surface area contributed by atoms with Gasteiger partial charge in [0.25, 0.3) is 0 Å². The third kappa shape index (κ3) is 6.63. The number of carbonyl (C=O) groups is 1. The van der Waals surface area contributed by atoms with Crippen LogP contribution in [-0.4, -0.2) is 5.78 Å². The van der Waals surface area contributed by atoms with Crippen molar-refractivity contribution in [2.45, 2.75) is 0 Å². The smallest absolute Gasteiger partial charge is 0.185 e. The predicted molar refractivity (Wildman–Crippen MR) is 135 cm³/mol.